The van der Waals surface area contributed by atoms with Crippen LogP contribution in [0.3, 0.4) is 0 Å². The van der Waals surface area contributed by atoms with Crippen LogP contribution >= 0.6 is 0 Å². The lowest BCUT2D eigenvalue weighted by molar-refractivity contribution is -0.127. The molecule has 0 radical (unpaired) electrons. The van der Waals surface area contributed by atoms with Gasteiger partial charge in [-0.1, -0.05) is 23.4 Å². The number of aromatic nitrogens is 4. The minimum atomic E-state index is -0.597. The van der Waals surface area contributed by atoms with Crippen molar-refractivity contribution in [3.8, 4) is 11.4 Å². The standard InChI is InChI=1S/C17H17N5O2/c1-13(24-16-7-3-2-4-8-16)17(23)19-10-14-12-22(21-20-14)15-6-5-9-18-11-15/h2-9,11-13H,10H2,1H3,(H,19,23). The van der Waals surface area contributed by atoms with Crippen molar-refractivity contribution < 1.29 is 9.53 Å². The van der Waals surface area contributed by atoms with Crippen LogP contribution in [0.1, 0.15) is 12.6 Å². The van der Waals surface area contributed by atoms with E-state index in [1.807, 2.05) is 42.5 Å². The molecule has 2 aromatic heterocycles. The van der Waals surface area contributed by atoms with Crippen LogP contribution in [-0.2, 0) is 11.3 Å². The Bertz CT molecular complexity index is 789. The molecule has 0 saturated heterocycles. The third kappa shape index (κ3) is 3.95. The molecule has 7 heteroatoms. The predicted molar refractivity (Wildman–Crippen MR) is 87.5 cm³/mol. The molecule has 0 spiro atoms. The number of nitrogens with one attached hydrogen (secondary N) is 1. The number of benzene rings is 1. The van der Waals surface area contributed by atoms with Gasteiger partial charge in [-0.2, -0.15) is 0 Å². The molecule has 0 aliphatic rings. The fourth-order valence-electron chi connectivity index (χ4n) is 2.07. The first kappa shape index (κ1) is 15.7. The number of ether oxygens (including phenoxy) is 1. The lowest BCUT2D eigenvalue weighted by Gasteiger charge is -2.13. The molecule has 0 aliphatic carbocycles. The predicted octanol–water partition coefficient (Wildman–Crippen LogP) is 1.75. The first-order valence-electron chi connectivity index (χ1n) is 7.53. The van der Waals surface area contributed by atoms with Gasteiger partial charge >= 0.3 is 0 Å². The van der Waals surface area contributed by atoms with E-state index in [0.717, 1.165) is 5.69 Å². The van der Waals surface area contributed by atoms with Crippen LogP contribution in [0.2, 0.25) is 0 Å². The van der Waals surface area contributed by atoms with Gasteiger partial charge in [0.2, 0.25) is 0 Å². The summed E-state index contributed by atoms with van der Waals surface area (Å²) in [5.41, 5.74) is 1.46. The van der Waals surface area contributed by atoms with E-state index in [0.29, 0.717) is 11.4 Å². The number of carbonyl (C=O) groups excluding carboxylic acids is 1. The second kappa shape index (κ2) is 7.36. The number of hydrogen-bond acceptors (Lipinski definition) is 5. The highest BCUT2D eigenvalue weighted by atomic mass is 16.5. The van der Waals surface area contributed by atoms with Gasteiger partial charge in [0.05, 0.1) is 24.6 Å². The van der Waals surface area contributed by atoms with Crippen LogP contribution < -0.4 is 10.1 Å². The molecule has 7 nitrogen and oxygen atoms in total. The quantitative estimate of drug-likeness (QED) is 0.747. The molecule has 3 rings (SSSR count). The molecule has 0 aliphatic heterocycles. The van der Waals surface area contributed by atoms with Crippen LogP contribution in [0.4, 0.5) is 0 Å². The summed E-state index contributed by atoms with van der Waals surface area (Å²) < 4.78 is 7.19. The Kier molecular flexibility index (Phi) is 4.81. The van der Waals surface area contributed by atoms with Gasteiger partial charge < -0.3 is 10.1 Å². The number of nitrogens with zero attached hydrogens (tertiary/aromatic N) is 4. The molecule has 3 aromatic rings. The van der Waals surface area contributed by atoms with Gasteiger partial charge in [-0.3, -0.25) is 9.78 Å². The fourth-order valence-corrected chi connectivity index (χ4v) is 2.07. The van der Waals surface area contributed by atoms with E-state index >= 15 is 0 Å². The minimum Gasteiger partial charge on any atom is -0.481 e. The second-order valence-electron chi connectivity index (χ2n) is 5.16. The molecule has 0 bridgehead atoms. The summed E-state index contributed by atoms with van der Waals surface area (Å²) in [5.74, 6) is 0.442. The molecular formula is C17H17N5O2. The van der Waals surface area contributed by atoms with Gasteiger partial charge in [0.25, 0.3) is 5.91 Å². The van der Waals surface area contributed by atoms with Crippen LogP contribution in [-0.4, -0.2) is 32.0 Å². The van der Waals surface area contributed by atoms with Gasteiger partial charge in [-0.15, -0.1) is 5.10 Å². The first-order chi connectivity index (χ1) is 11.7. The summed E-state index contributed by atoms with van der Waals surface area (Å²) in [6.07, 6.45) is 4.53. The molecule has 1 aromatic carbocycles. The molecule has 1 atom stereocenters. The van der Waals surface area contributed by atoms with Crippen molar-refractivity contribution in [2.24, 2.45) is 0 Å². The minimum absolute atomic E-state index is 0.213. The van der Waals surface area contributed by atoms with Crippen molar-refractivity contribution in [3.63, 3.8) is 0 Å². The van der Waals surface area contributed by atoms with Crippen LogP contribution in [0.15, 0.2) is 61.1 Å². The summed E-state index contributed by atoms with van der Waals surface area (Å²) in [4.78, 5) is 16.1. The zero-order valence-electron chi connectivity index (χ0n) is 13.2. The Morgan fingerprint density at radius 2 is 2.08 bits per heavy atom. The molecular weight excluding hydrogens is 306 g/mol. The van der Waals surface area contributed by atoms with E-state index in [4.69, 9.17) is 4.74 Å². The van der Waals surface area contributed by atoms with E-state index < -0.39 is 6.10 Å². The summed E-state index contributed by atoms with van der Waals surface area (Å²) in [5, 5.41) is 10.8. The molecule has 1 unspecified atom stereocenters. The van der Waals surface area contributed by atoms with Crippen molar-refractivity contribution >= 4 is 5.91 Å². The zero-order valence-corrected chi connectivity index (χ0v) is 13.2. The number of para-hydroxylation sites is 1. The molecule has 1 N–H and O–H groups in total. The average Bonchev–Trinajstić information content (AvgIpc) is 3.10. The summed E-state index contributed by atoms with van der Waals surface area (Å²) in [6, 6.07) is 12.9. The number of pyridine rings is 1. The Morgan fingerprint density at radius 1 is 1.25 bits per heavy atom. The second-order valence-corrected chi connectivity index (χ2v) is 5.16. The van der Waals surface area contributed by atoms with Gasteiger partial charge in [-0.05, 0) is 31.2 Å². The van der Waals surface area contributed by atoms with Crippen molar-refractivity contribution in [3.05, 3.63) is 66.7 Å². The highest BCUT2D eigenvalue weighted by molar-refractivity contribution is 5.80. The highest BCUT2D eigenvalue weighted by Gasteiger charge is 2.14. The van der Waals surface area contributed by atoms with Crippen LogP contribution in [0, 0.1) is 0 Å². The molecule has 0 saturated carbocycles. The summed E-state index contributed by atoms with van der Waals surface area (Å²) >= 11 is 0. The lowest BCUT2D eigenvalue weighted by atomic mass is 10.3. The topological polar surface area (TPSA) is 81.9 Å². The Hall–Kier alpha value is -3.22. The largest absolute Gasteiger partial charge is 0.481 e. The van der Waals surface area contributed by atoms with Gasteiger partial charge in [-0.25, -0.2) is 4.68 Å². The first-order valence-corrected chi connectivity index (χ1v) is 7.53. The highest BCUT2D eigenvalue weighted by Crippen LogP contribution is 2.11. The molecule has 2 heterocycles. The van der Waals surface area contributed by atoms with Crippen molar-refractivity contribution in [1.29, 1.82) is 0 Å². The molecule has 0 fully saturated rings. The monoisotopic (exact) mass is 323 g/mol. The lowest BCUT2D eigenvalue weighted by Crippen LogP contribution is -2.36. The van der Waals surface area contributed by atoms with E-state index in [2.05, 4.69) is 20.6 Å². The summed E-state index contributed by atoms with van der Waals surface area (Å²) in [6.45, 7) is 1.98. The zero-order chi connectivity index (χ0) is 16.8. The SMILES string of the molecule is CC(Oc1ccccc1)C(=O)NCc1cn(-c2cccnc2)nn1. The number of hydrogen-bond donors (Lipinski definition) is 1. The Balaban J connectivity index is 1.54. The third-order valence-electron chi connectivity index (χ3n) is 3.32. The maximum atomic E-state index is 12.1. The van der Waals surface area contributed by atoms with Gasteiger partial charge in [0.15, 0.2) is 6.10 Å². The maximum absolute atomic E-state index is 12.1. The van der Waals surface area contributed by atoms with E-state index in [-0.39, 0.29) is 12.5 Å². The number of carbonyl (C=O) groups is 1. The normalized spacial score (nSPS) is 11.7. The number of rotatable bonds is 6. The van der Waals surface area contributed by atoms with E-state index in [9.17, 15) is 4.79 Å². The smallest absolute Gasteiger partial charge is 0.261 e. The maximum Gasteiger partial charge on any atom is 0.261 e. The summed E-state index contributed by atoms with van der Waals surface area (Å²) in [7, 11) is 0. The average molecular weight is 323 g/mol. The van der Waals surface area contributed by atoms with Gasteiger partial charge in [0, 0.05) is 6.20 Å². The molecule has 24 heavy (non-hydrogen) atoms. The Morgan fingerprint density at radius 3 is 2.83 bits per heavy atom. The number of amides is 1. The molecule has 122 valence electrons. The molecule has 1 amide bonds. The van der Waals surface area contributed by atoms with Crippen LogP contribution in [0.5, 0.6) is 5.75 Å². The van der Waals surface area contributed by atoms with E-state index in [1.165, 1.54) is 0 Å². The van der Waals surface area contributed by atoms with Gasteiger partial charge in [0.1, 0.15) is 11.4 Å². The fraction of sp³-hybridized carbons (Fsp3) is 0.176. The van der Waals surface area contributed by atoms with Crippen LogP contribution in [0.25, 0.3) is 5.69 Å². The van der Waals surface area contributed by atoms with Crippen molar-refractivity contribution in [1.82, 2.24) is 25.3 Å². The third-order valence-corrected chi connectivity index (χ3v) is 3.32. The Labute approximate surface area is 139 Å². The van der Waals surface area contributed by atoms with E-state index in [1.54, 1.807) is 30.2 Å². The van der Waals surface area contributed by atoms with Crippen molar-refractivity contribution in [2.45, 2.75) is 19.6 Å². The van der Waals surface area contributed by atoms with Crippen molar-refractivity contribution in [2.75, 3.05) is 0 Å².